The van der Waals surface area contributed by atoms with Gasteiger partial charge in [-0.2, -0.15) is 0 Å². The van der Waals surface area contributed by atoms with Crippen LogP contribution in [-0.4, -0.2) is 39.0 Å². The molecule has 0 bridgehead atoms. The lowest BCUT2D eigenvalue weighted by molar-refractivity contribution is 0.104. The van der Waals surface area contributed by atoms with Gasteiger partial charge in [0.1, 0.15) is 18.1 Å². The minimum atomic E-state index is -0.392. The van der Waals surface area contributed by atoms with E-state index in [9.17, 15) is 4.79 Å². The lowest BCUT2D eigenvalue weighted by Crippen LogP contribution is -2.22. The number of rotatable bonds is 7. The van der Waals surface area contributed by atoms with Crippen molar-refractivity contribution in [3.8, 4) is 11.5 Å². The van der Waals surface area contributed by atoms with E-state index < -0.39 is 6.09 Å². The standard InChI is InChI=1S/C14H20N2O4/c1-3-15-7-10-4-5-11(18-2)6-13(10)19-9-12-8-16-14(17)20-12/h4-6,12,15H,3,7-9H2,1-2H3,(H,16,17). The minimum Gasteiger partial charge on any atom is -0.497 e. The lowest BCUT2D eigenvalue weighted by Gasteiger charge is -2.15. The van der Waals surface area contributed by atoms with Crippen LogP contribution in [0.2, 0.25) is 0 Å². The Balaban J connectivity index is 2.01. The number of carbonyl (C=O) groups excluding carboxylic acids is 1. The van der Waals surface area contributed by atoms with E-state index in [1.54, 1.807) is 7.11 Å². The van der Waals surface area contributed by atoms with Gasteiger partial charge in [0.15, 0.2) is 6.10 Å². The molecule has 0 aromatic heterocycles. The predicted molar refractivity (Wildman–Crippen MR) is 74.1 cm³/mol. The van der Waals surface area contributed by atoms with Crippen LogP contribution in [0.4, 0.5) is 4.79 Å². The molecular weight excluding hydrogens is 260 g/mol. The first-order valence-corrected chi connectivity index (χ1v) is 6.67. The van der Waals surface area contributed by atoms with E-state index in [4.69, 9.17) is 14.2 Å². The number of carbonyl (C=O) groups is 1. The van der Waals surface area contributed by atoms with E-state index in [2.05, 4.69) is 10.6 Å². The zero-order valence-corrected chi connectivity index (χ0v) is 11.8. The van der Waals surface area contributed by atoms with Crippen molar-refractivity contribution in [2.75, 3.05) is 26.8 Å². The van der Waals surface area contributed by atoms with E-state index in [0.717, 1.165) is 30.2 Å². The van der Waals surface area contributed by atoms with Crippen molar-refractivity contribution in [1.29, 1.82) is 0 Å². The smallest absolute Gasteiger partial charge is 0.407 e. The fourth-order valence-corrected chi connectivity index (χ4v) is 1.91. The number of benzene rings is 1. The molecule has 1 heterocycles. The average molecular weight is 280 g/mol. The largest absolute Gasteiger partial charge is 0.497 e. The topological polar surface area (TPSA) is 68.8 Å². The summed E-state index contributed by atoms with van der Waals surface area (Å²) in [5.41, 5.74) is 1.05. The van der Waals surface area contributed by atoms with Crippen molar-refractivity contribution >= 4 is 6.09 Å². The van der Waals surface area contributed by atoms with Gasteiger partial charge in [0.05, 0.1) is 13.7 Å². The molecule has 6 heteroatoms. The molecular formula is C14H20N2O4. The van der Waals surface area contributed by atoms with Gasteiger partial charge >= 0.3 is 6.09 Å². The molecule has 1 aliphatic rings. The monoisotopic (exact) mass is 280 g/mol. The molecule has 1 unspecified atom stereocenters. The van der Waals surface area contributed by atoms with Crippen LogP contribution in [-0.2, 0) is 11.3 Å². The zero-order valence-electron chi connectivity index (χ0n) is 11.8. The third-order valence-corrected chi connectivity index (χ3v) is 3.01. The maximum absolute atomic E-state index is 11.0. The molecule has 1 aromatic carbocycles. The second kappa shape index (κ2) is 7.00. The van der Waals surface area contributed by atoms with Crippen LogP contribution >= 0.6 is 0 Å². The molecule has 1 aromatic rings. The molecule has 0 aliphatic carbocycles. The molecule has 110 valence electrons. The van der Waals surface area contributed by atoms with E-state index in [0.29, 0.717) is 13.2 Å². The van der Waals surface area contributed by atoms with Gasteiger partial charge in [0, 0.05) is 18.2 Å². The number of alkyl carbamates (subject to hydrolysis) is 1. The third kappa shape index (κ3) is 3.77. The maximum Gasteiger partial charge on any atom is 0.407 e. The fourth-order valence-electron chi connectivity index (χ4n) is 1.91. The highest BCUT2D eigenvalue weighted by Gasteiger charge is 2.23. The molecule has 1 atom stereocenters. The molecule has 1 amide bonds. The minimum absolute atomic E-state index is 0.249. The van der Waals surface area contributed by atoms with Crippen molar-refractivity contribution < 1.29 is 19.0 Å². The van der Waals surface area contributed by atoms with Crippen molar-refractivity contribution in [1.82, 2.24) is 10.6 Å². The van der Waals surface area contributed by atoms with Crippen LogP contribution in [0.1, 0.15) is 12.5 Å². The van der Waals surface area contributed by atoms with Crippen molar-refractivity contribution in [3.63, 3.8) is 0 Å². The summed E-state index contributed by atoms with van der Waals surface area (Å²) in [5, 5.41) is 5.86. The quantitative estimate of drug-likeness (QED) is 0.787. The highest BCUT2D eigenvalue weighted by molar-refractivity contribution is 5.69. The Bertz CT molecular complexity index is 464. The fraction of sp³-hybridized carbons (Fsp3) is 0.500. The molecule has 20 heavy (non-hydrogen) atoms. The van der Waals surface area contributed by atoms with Gasteiger partial charge < -0.3 is 24.8 Å². The summed E-state index contributed by atoms with van der Waals surface area (Å²) < 4.78 is 16.0. The molecule has 1 saturated heterocycles. The Hall–Kier alpha value is -1.95. The first kappa shape index (κ1) is 14.5. The highest BCUT2D eigenvalue weighted by atomic mass is 16.6. The molecule has 1 aliphatic heterocycles. The van der Waals surface area contributed by atoms with E-state index in [1.807, 2.05) is 25.1 Å². The number of amides is 1. The van der Waals surface area contributed by atoms with Gasteiger partial charge in [-0.15, -0.1) is 0 Å². The Kier molecular flexibility index (Phi) is 5.06. The number of ether oxygens (including phenoxy) is 3. The number of hydrogen-bond acceptors (Lipinski definition) is 5. The summed E-state index contributed by atoms with van der Waals surface area (Å²) in [5.74, 6) is 1.48. The van der Waals surface area contributed by atoms with Crippen LogP contribution < -0.4 is 20.1 Å². The highest BCUT2D eigenvalue weighted by Crippen LogP contribution is 2.25. The summed E-state index contributed by atoms with van der Waals surface area (Å²) in [6, 6.07) is 5.71. The normalized spacial score (nSPS) is 17.5. The third-order valence-electron chi connectivity index (χ3n) is 3.01. The van der Waals surface area contributed by atoms with E-state index in [-0.39, 0.29) is 6.10 Å². The van der Waals surface area contributed by atoms with Crippen molar-refractivity contribution in [2.24, 2.45) is 0 Å². The molecule has 1 fully saturated rings. The van der Waals surface area contributed by atoms with E-state index >= 15 is 0 Å². The van der Waals surface area contributed by atoms with Crippen LogP contribution in [0.3, 0.4) is 0 Å². The van der Waals surface area contributed by atoms with Gasteiger partial charge in [0.25, 0.3) is 0 Å². The summed E-state index contributed by atoms with van der Waals surface area (Å²) >= 11 is 0. The number of hydrogen-bond donors (Lipinski definition) is 2. The Morgan fingerprint density at radius 3 is 3.00 bits per heavy atom. The average Bonchev–Trinajstić information content (AvgIpc) is 2.89. The molecule has 0 spiro atoms. The maximum atomic E-state index is 11.0. The SMILES string of the molecule is CCNCc1ccc(OC)cc1OCC1CNC(=O)O1. The number of cyclic esters (lactones) is 1. The van der Waals surface area contributed by atoms with Crippen LogP contribution in [0.15, 0.2) is 18.2 Å². The van der Waals surface area contributed by atoms with Crippen molar-refractivity contribution in [2.45, 2.75) is 19.6 Å². The van der Waals surface area contributed by atoms with Gasteiger partial charge in [-0.1, -0.05) is 13.0 Å². The van der Waals surface area contributed by atoms with Gasteiger partial charge in [-0.05, 0) is 12.6 Å². The molecule has 0 saturated carbocycles. The zero-order chi connectivity index (χ0) is 14.4. The second-order valence-corrected chi connectivity index (χ2v) is 4.47. The summed E-state index contributed by atoms with van der Waals surface area (Å²) in [4.78, 5) is 11.0. The molecule has 2 rings (SSSR count). The lowest BCUT2D eigenvalue weighted by atomic mass is 10.2. The van der Waals surface area contributed by atoms with Crippen molar-refractivity contribution in [3.05, 3.63) is 23.8 Å². The Labute approximate surface area is 118 Å². The molecule has 2 N–H and O–H groups in total. The van der Waals surface area contributed by atoms with Gasteiger partial charge in [-0.3, -0.25) is 0 Å². The summed E-state index contributed by atoms with van der Waals surface area (Å²) in [6.45, 7) is 4.46. The predicted octanol–water partition coefficient (Wildman–Crippen LogP) is 1.29. The summed E-state index contributed by atoms with van der Waals surface area (Å²) in [7, 11) is 1.62. The molecule has 0 radical (unpaired) electrons. The van der Waals surface area contributed by atoms with Crippen LogP contribution in [0, 0.1) is 0 Å². The number of nitrogens with one attached hydrogen (secondary N) is 2. The van der Waals surface area contributed by atoms with E-state index in [1.165, 1.54) is 0 Å². The summed E-state index contributed by atoms with van der Waals surface area (Å²) in [6.07, 6.45) is -0.641. The van der Waals surface area contributed by atoms with Gasteiger partial charge in [-0.25, -0.2) is 4.79 Å². The van der Waals surface area contributed by atoms with Crippen LogP contribution in [0.5, 0.6) is 11.5 Å². The first-order chi connectivity index (χ1) is 9.72. The Morgan fingerprint density at radius 2 is 2.35 bits per heavy atom. The number of methoxy groups -OCH3 is 1. The first-order valence-electron chi connectivity index (χ1n) is 6.67. The second-order valence-electron chi connectivity index (χ2n) is 4.47. The molecule has 6 nitrogen and oxygen atoms in total. The van der Waals surface area contributed by atoms with Crippen LogP contribution in [0.25, 0.3) is 0 Å². The van der Waals surface area contributed by atoms with Gasteiger partial charge in [0.2, 0.25) is 0 Å². The Morgan fingerprint density at radius 1 is 1.50 bits per heavy atom.